The number of amides is 1. The van der Waals surface area contributed by atoms with Gasteiger partial charge in [0, 0.05) is 10.0 Å². The zero-order valence-electron chi connectivity index (χ0n) is 15.4. The summed E-state index contributed by atoms with van der Waals surface area (Å²) in [4.78, 5) is 14.3. The van der Waals surface area contributed by atoms with E-state index in [1.165, 1.54) is 23.9 Å². The first kappa shape index (κ1) is 20.5. The first-order valence-electron chi connectivity index (χ1n) is 8.69. The summed E-state index contributed by atoms with van der Waals surface area (Å²) in [5, 5.41) is 8.79. The summed E-state index contributed by atoms with van der Waals surface area (Å²) in [6.45, 7) is 2.29. The van der Waals surface area contributed by atoms with Gasteiger partial charge in [0.15, 0.2) is 5.17 Å². The van der Waals surface area contributed by atoms with E-state index >= 15 is 0 Å². The molecule has 0 N–H and O–H groups in total. The van der Waals surface area contributed by atoms with Crippen molar-refractivity contribution in [2.24, 2.45) is 10.2 Å². The van der Waals surface area contributed by atoms with Gasteiger partial charge in [-0.15, -0.1) is 5.10 Å². The molecule has 0 aromatic heterocycles. The van der Waals surface area contributed by atoms with Gasteiger partial charge in [-0.1, -0.05) is 46.7 Å². The first-order chi connectivity index (χ1) is 13.5. The van der Waals surface area contributed by atoms with E-state index < -0.39 is 0 Å². The Hall–Kier alpha value is -2.19. The van der Waals surface area contributed by atoms with Crippen molar-refractivity contribution in [1.82, 2.24) is 4.90 Å². The van der Waals surface area contributed by atoms with Crippen LogP contribution in [0.1, 0.15) is 24.5 Å². The Morgan fingerprint density at radius 3 is 2.71 bits per heavy atom. The topological polar surface area (TPSA) is 54.3 Å². The molecule has 8 heteroatoms. The van der Waals surface area contributed by atoms with Gasteiger partial charge in [0.05, 0.1) is 25.1 Å². The number of methoxy groups -OCH3 is 1. The predicted octanol–water partition coefficient (Wildman–Crippen LogP) is 4.84. The lowest BCUT2D eigenvalue weighted by Crippen LogP contribution is -2.31. The third-order valence-electron chi connectivity index (χ3n) is 4.18. The lowest BCUT2D eigenvalue weighted by molar-refractivity contribution is -0.126. The Bertz CT molecular complexity index is 918. The molecule has 1 atom stereocenters. The molecule has 1 aliphatic rings. The van der Waals surface area contributed by atoms with Gasteiger partial charge in [-0.25, -0.2) is 4.39 Å². The maximum absolute atomic E-state index is 13.1. The summed E-state index contributed by atoms with van der Waals surface area (Å²) in [6.07, 6.45) is 2.29. The van der Waals surface area contributed by atoms with Crippen LogP contribution in [0.5, 0.6) is 5.75 Å². The summed E-state index contributed by atoms with van der Waals surface area (Å²) in [7, 11) is 1.59. The van der Waals surface area contributed by atoms with Crippen LogP contribution in [0.2, 0.25) is 0 Å². The molecule has 146 valence electrons. The molecule has 0 aliphatic carbocycles. The van der Waals surface area contributed by atoms with Crippen LogP contribution in [0.25, 0.3) is 0 Å². The van der Waals surface area contributed by atoms with Crippen molar-refractivity contribution in [3.63, 3.8) is 0 Å². The zero-order chi connectivity index (χ0) is 20.1. The van der Waals surface area contributed by atoms with E-state index in [1.807, 2.05) is 25.1 Å². The molecule has 1 fully saturated rings. The highest BCUT2D eigenvalue weighted by Gasteiger charge is 2.36. The zero-order valence-corrected chi connectivity index (χ0v) is 17.8. The molecule has 0 bridgehead atoms. The average molecular weight is 464 g/mol. The highest BCUT2D eigenvalue weighted by atomic mass is 79.9. The second kappa shape index (κ2) is 9.34. The molecule has 0 saturated carbocycles. The number of amidine groups is 1. The number of nitrogens with zero attached hydrogens (tertiary/aromatic N) is 3. The number of thioether (sulfide) groups is 1. The average Bonchev–Trinajstić information content (AvgIpc) is 2.99. The van der Waals surface area contributed by atoms with Crippen LogP contribution in [0.3, 0.4) is 0 Å². The van der Waals surface area contributed by atoms with Crippen molar-refractivity contribution in [2.45, 2.75) is 25.1 Å². The maximum atomic E-state index is 13.1. The molecule has 1 heterocycles. The normalized spacial score (nSPS) is 18.4. The second-order valence-electron chi connectivity index (χ2n) is 6.08. The van der Waals surface area contributed by atoms with Crippen molar-refractivity contribution >= 4 is 45.0 Å². The summed E-state index contributed by atoms with van der Waals surface area (Å²) < 4.78 is 19.4. The van der Waals surface area contributed by atoms with Crippen LogP contribution in [0.4, 0.5) is 4.39 Å². The van der Waals surface area contributed by atoms with Gasteiger partial charge in [-0.3, -0.25) is 9.69 Å². The third kappa shape index (κ3) is 4.80. The quantitative estimate of drug-likeness (QED) is 0.454. The van der Waals surface area contributed by atoms with Crippen LogP contribution in [0.15, 0.2) is 57.1 Å². The van der Waals surface area contributed by atoms with Crippen LogP contribution in [0, 0.1) is 5.82 Å². The molecule has 5 nitrogen and oxygen atoms in total. The molecule has 2 aromatic rings. The Balaban J connectivity index is 1.84. The highest BCUT2D eigenvalue weighted by molar-refractivity contribution is 9.10. The van der Waals surface area contributed by atoms with Gasteiger partial charge in [0.25, 0.3) is 0 Å². The minimum absolute atomic E-state index is 0.00851. The monoisotopic (exact) mass is 463 g/mol. The van der Waals surface area contributed by atoms with Crippen molar-refractivity contribution in [1.29, 1.82) is 0 Å². The molecular formula is C20H19BrFN3O2S. The van der Waals surface area contributed by atoms with Crippen LogP contribution < -0.4 is 4.74 Å². The van der Waals surface area contributed by atoms with Crippen molar-refractivity contribution in [3.05, 3.63) is 63.9 Å². The number of hydrogen-bond donors (Lipinski definition) is 0. The van der Waals surface area contributed by atoms with E-state index in [4.69, 9.17) is 4.74 Å². The van der Waals surface area contributed by atoms with Gasteiger partial charge >= 0.3 is 0 Å². The standard InChI is InChI=1S/C20H19BrFN3O2S/c1-3-18-19(26)25(12-13-4-7-16(22)8-5-13)20(28-18)24-23-11-14-10-15(21)6-9-17(14)27-2/h4-11,18H,3,12H2,1-2H3/b23-11+,24-20-. The van der Waals surface area contributed by atoms with Crippen LogP contribution in [-0.4, -0.2) is 34.5 Å². The minimum atomic E-state index is -0.307. The fraction of sp³-hybridized carbons (Fsp3) is 0.250. The predicted molar refractivity (Wildman–Crippen MR) is 114 cm³/mol. The third-order valence-corrected chi connectivity index (χ3v) is 6.00. The molecule has 3 rings (SSSR count). The van der Waals surface area contributed by atoms with Gasteiger partial charge in [-0.2, -0.15) is 5.10 Å². The molecular weight excluding hydrogens is 445 g/mol. The van der Waals surface area contributed by atoms with Gasteiger partial charge in [0.2, 0.25) is 5.91 Å². The van der Waals surface area contributed by atoms with E-state index in [-0.39, 0.29) is 17.0 Å². The summed E-state index contributed by atoms with van der Waals surface area (Å²) in [6, 6.07) is 11.7. The smallest absolute Gasteiger partial charge is 0.242 e. The number of hydrogen-bond acceptors (Lipinski definition) is 5. The van der Waals surface area contributed by atoms with Gasteiger partial charge < -0.3 is 4.74 Å². The number of carbonyl (C=O) groups excluding carboxylic acids is 1. The minimum Gasteiger partial charge on any atom is -0.496 e. The molecule has 1 saturated heterocycles. The SMILES string of the molecule is CCC1S/C(=N\N=C\c2cc(Br)ccc2OC)N(Cc2ccc(F)cc2)C1=O. The largest absolute Gasteiger partial charge is 0.496 e. The molecule has 1 unspecified atom stereocenters. The number of rotatable bonds is 6. The van der Waals surface area contributed by atoms with E-state index in [9.17, 15) is 9.18 Å². The Morgan fingerprint density at radius 1 is 1.29 bits per heavy atom. The fourth-order valence-corrected chi connectivity index (χ4v) is 4.11. The molecule has 1 amide bonds. The Labute approximate surface area is 175 Å². The van der Waals surface area contributed by atoms with E-state index in [2.05, 4.69) is 26.1 Å². The molecule has 2 aromatic carbocycles. The summed E-state index contributed by atoms with van der Waals surface area (Å²) >= 11 is 4.82. The van der Waals surface area contributed by atoms with Crippen LogP contribution in [-0.2, 0) is 11.3 Å². The Morgan fingerprint density at radius 2 is 2.04 bits per heavy atom. The number of ether oxygens (including phenoxy) is 1. The maximum Gasteiger partial charge on any atom is 0.242 e. The summed E-state index contributed by atoms with van der Waals surface area (Å²) in [5.41, 5.74) is 1.60. The van der Waals surface area contributed by atoms with Crippen molar-refractivity contribution in [3.8, 4) is 5.75 Å². The van der Waals surface area contributed by atoms with Crippen LogP contribution >= 0.6 is 27.7 Å². The van der Waals surface area contributed by atoms with E-state index in [0.717, 1.165) is 15.6 Å². The Kier molecular flexibility index (Phi) is 6.85. The molecule has 1 aliphatic heterocycles. The summed E-state index contributed by atoms with van der Waals surface area (Å²) in [5.74, 6) is 0.362. The number of carbonyl (C=O) groups is 1. The van der Waals surface area contributed by atoms with Crippen molar-refractivity contribution < 1.29 is 13.9 Å². The molecule has 0 spiro atoms. The van der Waals surface area contributed by atoms with E-state index in [1.54, 1.807) is 30.4 Å². The number of halogens is 2. The second-order valence-corrected chi connectivity index (χ2v) is 8.16. The van der Waals surface area contributed by atoms with Crippen molar-refractivity contribution in [2.75, 3.05) is 7.11 Å². The lowest BCUT2D eigenvalue weighted by atomic mass is 10.2. The van der Waals surface area contributed by atoms with E-state index in [0.29, 0.717) is 23.9 Å². The molecule has 28 heavy (non-hydrogen) atoms. The number of benzene rings is 2. The molecule has 0 radical (unpaired) electrons. The van der Waals surface area contributed by atoms with Gasteiger partial charge in [-0.05, 0) is 42.3 Å². The van der Waals surface area contributed by atoms with Gasteiger partial charge in [0.1, 0.15) is 11.6 Å². The fourth-order valence-electron chi connectivity index (χ4n) is 2.71. The first-order valence-corrected chi connectivity index (χ1v) is 10.4. The highest BCUT2D eigenvalue weighted by Crippen LogP contribution is 2.31. The lowest BCUT2D eigenvalue weighted by Gasteiger charge is -2.15.